The molecular formula is C16H18BrClFN3O2. The van der Waals surface area contributed by atoms with E-state index in [1.54, 1.807) is 28.8 Å². The highest BCUT2D eigenvalue weighted by Gasteiger charge is 2.28. The van der Waals surface area contributed by atoms with Gasteiger partial charge in [-0.05, 0) is 28.1 Å². The fourth-order valence-corrected chi connectivity index (χ4v) is 3.11. The number of piperazine rings is 1. The van der Waals surface area contributed by atoms with Crippen LogP contribution in [0.15, 0.2) is 23.2 Å². The van der Waals surface area contributed by atoms with Crippen molar-refractivity contribution in [3.8, 4) is 0 Å². The van der Waals surface area contributed by atoms with Crippen molar-refractivity contribution in [1.29, 1.82) is 0 Å². The van der Waals surface area contributed by atoms with Gasteiger partial charge in [-0.15, -0.1) is 0 Å². The highest BCUT2D eigenvalue weighted by Crippen LogP contribution is 2.35. The lowest BCUT2D eigenvalue weighted by Crippen LogP contribution is -2.50. The maximum absolute atomic E-state index is 14.5. The zero-order chi connectivity index (χ0) is 18.0. The number of rotatable bonds is 3. The van der Waals surface area contributed by atoms with E-state index in [0.717, 1.165) is 0 Å². The molecule has 24 heavy (non-hydrogen) atoms. The van der Waals surface area contributed by atoms with E-state index in [0.29, 0.717) is 26.2 Å². The van der Waals surface area contributed by atoms with Crippen LogP contribution in [-0.2, 0) is 4.79 Å². The Bertz CT molecular complexity index is 688. The number of amides is 2. The molecule has 1 aromatic rings. The van der Waals surface area contributed by atoms with Gasteiger partial charge in [-0.25, -0.2) is 4.39 Å². The molecule has 0 aliphatic carbocycles. The Hall–Kier alpha value is -1.60. The number of nitrogens with zero attached hydrogens (tertiary/aromatic N) is 3. The van der Waals surface area contributed by atoms with Gasteiger partial charge in [0.1, 0.15) is 0 Å². The summed E-state index contributed by atoms with van der Waals surface area (Å²) in [7, 11) is 3.33. The van der Waals surface area contributed by atoms with Crippen LogP contribution in [0.2, 0.25) is 5.02 Å². The largest absolute Gasteiger partial charge is 0.375 e. The normalized spacial score (nSPS) is 14.5. The number of hydrogen-bond acceptors (Lipinski definition) is 3. The van der Waals surface area contributed by atoms with Crippen LogP contribution in [0.25, 0.3) is 0 Å². The number of anilines is 1. The van der Waals surface area contributed by atoms with Crippen molar-refractivity contribution in [2.24, 2.45) is 0 Å². The minimum atomic E-state index is -0.573. The second kappa shape index (κ2) is 7.53. The summed E-state index contributed by atoms with van der Waals surface area (Å²) in [5.41, 5.74) is 0.384. The SMILES string of the molecule is C=CC(=O)N1CCN(C(=O)c2cc(Cl)c(Br)c(F)c2N(C)C)CC1. The van der Waals surface area contributed by atoms with Gasteiger partial charge < -0.3 is 14.7 Å². The Morgan fingerprint density at radius 2 is 1.83 bits per heavy atom. The van der Waals surface area contributed by atoms with Gasteiger partial charge in [0.2, 0.25) is 5.91 Å². The predicted molar refractivity (Wildman–Crippen MR) is 96.1 cm³/mol. The number of hydrogen-bond donors (Lipinski definition) is 0. The number of halogens is 3. The maximum atomic E-state index is 14.5. The first-order chi connectivity index (χ1) is 11.3. The third-order valence-corrected chi connectivity index (χ3v) is 5.17. The monoisotopic (exact) mass is 417 g/mol. The van der Waals surface area contributed by atoms with Crippen LogP contribution in [0, 0.1) is 5.82 Å². The molecule has 1 saturated heterocycles. The topological polar surface area (TPSA) is 43.9 Å². The number of carbonyl (C=O) groups is 2. The van der Waals surface area contributed by atoms with Crippen LogP contribution in [-0.4, -0.2) is 61.9 Å². The van der Waals surface area contributed by atoms with Gasteiger partial charge in [0.05, 0.1) is 20.7 Å². The summed E-state index contributed by atoms with van der Waals surface area (Å²) in [6, 6.07) is 1.47. The van der Waals surface area contributed by atoms with Crippen LogP contribution in [0.4, 0.5) is 10.1 Å². The van der Waals surface area contributed by atoms with E-state index >= 15 is 0 Å². The van der Waals surface area contributed by atoms with Gasteiger partial charge in [-0.1, -0.05) is 18.2 Å². The van der Waals surface area contributed by atoms with Gasteiger partial charge in [-0.2, -0.15) is 0 Å². The van der Waals surface area contributed by atoms with E-state index in [1.807, 2.05) is 0 Å². The first kappa shape index (κ1) is 18.7. The second-order valence-corrected chi connectivity index (χ2v) is 6.80. The lowest BCUT2D eigenvalue weighted by Gasteiger charge is -2.35. The Morgan fingerprint density at radius 1 is 1.29 bits per heavy atom. The van der Waals surface area contributed by atoms with E-state index < -0.39 is 5.82 Å². The lowest BCUT2D eigenvalue weighted by molar-refractivity contribution is -0.127. The van der Waals surface area contributed by atoms with Crippen molar-refractivity contribution in [2.75, 3.05) is 45.2 Å². The molecule has 8 heteroatoms. The van der Waals surface area contributed by atoms with E-state index in [-0.39, 0.29) is 32.6 Å². The van der Waals surface area contributed by atoms with Gasteiger partial charge >= 0.3 is 0 Å². The van der Waals surface area contributed by atoms with Crippen LogP contribution in [0.5, 0.6) is 0 Å². The van der Waals surface area contributed by atoms with Crippen molar-refractivity contribution < 1.29 is 14.0 Å². The molecule has 2 amide bonds. The average Bonchev–Trinajstić information content (AvgIpc) is 2.57. The first-order valence-electron chi connectivity index (χ1n) is 7.33. The Morgan fingerprint density at radius 3 is 2.33 bits per heavy atom. The molecule has 1 aliphatic rings. The van der Waals surface area contributed by atoms with E-state index in [1.165, 1.54) is 12.1 Å². The molecule has 1 aliphatic heterocycles. The minimum Gasteiger partial charge on any atom is -0.375 e. The molecule has 1 heterocycles. The Kier molecular flexibility index (Phi) is 5.87. The van der Waals surface area contributed by atoms with Gasteiger partial charge in [0, 0.05) is 40.3 Å². The van der Waals surface area contributed by atoms with Crippen LogP contribution in [0.3, 0.4) is 0 Å². The number of benzene rings is 1. The molecule has 5 nitrogen and oxygen atoms in total. The summed E-state index contributed by atoms with van der Waals surface area (Å²) >= 11 is 9.12. The molecule has 1 aromatic carbocycles. The van der Waals surface area contributed by atoms with Crippen LogP contribution < -0.4 is 4.90 Å². The van der Waals surface area contributed by atoms with Crippen molar-refractivity contribution in [1.82, 2.24) is 9.80 Å². The van der Waals surface area contributed by atoms with Crippen molar-refractivity contribution in [3.63, 3.8) is 0 Å². The summed E-state index contributed by atoms with van der Waals surface area (Å²) in [5, 5.41) is 0.141. The summed E-state index contributed by atoms with van der Waals surface area (Å²) in [6.45, 7) is 5.04. The molecule has 0 saturated carbocycles. The molecular weight excluding hydrogens is 401 g/mol. The fraction of sp³-hybridized carbons (Fsp3) is 0.375. The summed E-state index contributed by atoms with van der Waals surface area (Å²) < 4.78 is 14.6. The van der Waals surface area contributed by atoms with E-state index in [9.17, 15) is 14.0 Å². The summed E-state index contributed by atoms with van der Waals surface area (Å²) in [4.78, 5) is 29.2. The molecule has 1 fully saturated rings. The van der Waals surface area contributed by atoms with Crippen LogP contribution >= 0.6 is 27.5 Å². The first-order valence-corrected chi connectivity index (χ1v) is 8.50. The molecule has 0 bridgehead atoms. The van der Waals surface area contributed by atoms with Gasteiger partial charge in [0.25, 0.3) is 5.91 Å². The summed E-state index contributed by atoms with van der Waals surface area (Å²) in [5.74, 6) is -1.04. The minimum absolute atomic E-state index is 0.130. The Labute approximate surface area is 153 Å². The van der Waals surface area contributed by atoms with Gasteiger partial charge in [-0.3, -0.25) is 9.59 Å². The molecule has 0 aromatic heterocycles. The smallest absolute Gasteiger partial charge is 0.256 e. The van der Waals surface area contributed by atoms with Crippen LogP contribution in [0.1, 0.15) is 10.4 Å². The van der Waals surface area contributed by atoms with Crippen molar-refractivity contribution >= 4 is 45.0 Å². The number of carbonyl (C=O) groups excluding carboxylic acids is 2. The molecule has 0 unspecified atom stereocenters. The molecule has 0 atom stereocenters. The highest BCUT2D eigenvalue weighted by molar-refractivity contribution is 9.10. The third kappa shape index (κ3) is 3.57. The van der Waals surface area contributed by atoms with Gasteiger partial charge in [0.15, 0.2) is 5.82 Å². The maximum Gasteiger partial charge on any atom is 0.256 e. The predicted octanol–water partition coefficient (Wildman–Crippen LogP) is 2.78. The summed E-state index contributed by atoms with van der Waals surface area (Å²) in [6.07, 6.45) is 1.26. The quantitative estimate of drug-likeness (QED) is 0.560. The highest BCUT2D eigenvalue weighted by atomic mass is 79.9. The average molecular weight is 419 g/mol. The molecule has 2 rings (SSSR count). The van der Waals surface area contributed by atoms with Crippen molar-refractivity contribution in [2.45, 2.75) is 0 Å². The fourth-order valence-electron chi connectivity index (χ4n) is 2.62. The zero-order valence-corrected chi connectivity index (χ0v) is 15.8. The van der Waals surface area contributed by atoms with E-state index in [2.05, 4.69) is 22.5 Å². The molecule has 0 radical (unpaired) electrons. The standard InChI is InChI=1S/C16H18BrClFN3O2/c1-4-12(23)21-5-7-22(8-6-21)16(24)10-9-11(18)13(17)14(19)15(10)20(2)3/h4,9H,1,5-8H2,2-3H3. The lowest BCUT2D eigenvalue weighted by atomic mass is 10.1. The zero-order valence-electron chi connectivity index (χ0n) is 13.5. The van der Waals surface area contributed by atoms with Crippen molar-refractivity contribution in [3.05, 3.63) is 39.6 Å². The van der Waals surface area contributed by atoms with E-state index in [4.69, 9.17) is 11.6 Å². The molecule has 0 spiro atoms. The molecule has 0 N–H and O–H groups in total. The second-order valence-electron chi connectivity index (χ2n) is 5.60. The molecule has 130 valence electrons. The Balaban J connectivity index is 2.28. The third-order valence-electron chi connectivity index (χ3n) is 3.87.